The third-order valence-corrected chi connectivity index (χ3v) is 7.80. The molecule has 1 aliphatic heterocycles. The van der Waals surface area contributed by atoms with E-state index in [4.69, 9.17) is 4.74 Å². The number of halogens is 1. The molecule has 1 aliphatic rings. The summed E-state index contributed by atoms with van der Waals surface area (Å²) < 4.78 is 30.2. The second kappa shape index (κ2) is 6.02. The van der Waals surface area contributed by atoms with Crippen molar-refractivity contribution in [1.82, 2.24) is 0 Å². The van der Waals surface area contributed by atoms with Gasteiger partial charge < -0.3 is 4.74 Å². The topological polar surface area (TPSA) is 43.4 Å². The Morgan fingerprint density at radius 3 is 2.29 bits per heavy atom. The van der Waals surface area contributed by atoms with Gasteiger partial charge in [-0.3, -0.25) is 0 Å². The van der Waals surface area contributed by atoms with Crippen LogP contribution in [-0.4, -0.2) is 37.5 Å². The molecule has 3 nitrogen and oxygen atoms in total. The van der Waals surface area contributed by atoms with Crippen LogP contribution in [0.3, 0.4) is 0 Å². The highest BCUT2D eigenvalue weighted by Crippen LogP contribution is 2.34. The van der Waals surface area contributed by atoms with Gasteiger partial charge in [0.1, 0.15) is 0 Å². The molecule has 0 aromatic heterocycles. The van der Waals surface area contributed by atoms with Gasteiger partial charge in [0.15, 0.2) is 9.84 Å². The zero-order chi connectivity index (χ0) is 13.1. The van der Waals surface area contributed by atoms with Crippen molar-refractivity contribution in [2.45, 2.75) is 51.4 Å². The minimum absolute atomic E-state index is 0.124. The molecule has 0 saturated carbocycles. The maximum Gasteiger partial charge on any atom is 0.156 e. The third kappa shape index (κ3) is 3.44. The molecule has 2 atom stereocenters. The van der Waals surface area contributed by atoms with Crippen LogP contribution in [0.5, 0.6) is 0 Å². The van der Waals surface area contributed by atoms with Crippen molar-refractivity contribution >= 4 is 25.8 Å². The minimum Gasteiger partial charge on any atom is -0.377 e. The summed E-state index contributed by atoms with van der Waals surface area (Å²) in [6.45, 7) is 6.57. The molecule has 1 fully saturated rings. The summed E-state index contributed by atoms with van der Waals surface area (Å²) in [6, 6.07) is 0. The average Bonchev–Trinajstić information content (AvgIpc) is 2.73. The fourth-order valence-electron chi connectivity index (χ4n) is 2.40. The standard InChI is InChI=1S/C12H23BrO3S/c1-4-12(5-2,8-13)9-17(14,15)11-6-7-16-10(11)3/h10-11H,4-9H2,1-3H3. The first-order chi connectivity index (χ1) is 7.90. The van der Waals surface area contributed by atoms with Gasteiger partial charge in [-0.15, -0.1) is 0 Å². The highest BCUT2D eigenvalue weighted by Gasteiger charge is 2.40. The van der Waals surface area contributed by atoms with Crippen LogP contribution in [0, 0.1) is 5.41 Å². The normalized spacial score (nSPS) is 26.4. The summed E-state index contributed by atoms with van der Waals surface area (Å²) in [5.74, 6) is 0.274. The molecule has 17 heavy (non-hydrogen) atoms. The molecule has 1 saturated heterocycles. The second-order valence-corrected chi connectivity index (χ2v) is 7.83. The van der Waals surface area contributed by atoms with E-state index >= 15 is 0 Å². The van der Waals surface area contributed by atoms with E-state index in [0.717, 1.165) is 18.2 Å². The Bertz CT molecular complexity index is 327. The van der Waals surface area contributed by atoms with E-state index < -0.39 is 9.84 Å². The molecule has 5 heteroatoms. The summed E-state index contributed by atoms with van der Waals surface area (Å²) in [5.41, 5.74) is -0.124. The molecule has 0 aliphatic carbocycles. The summed E-state index contributed by atoms with van der Waals surface area (Å²) in [4.78, 5) is 0. The second-order valence-electron chi connectivity index (χ2n) is 5.05. The average molecular weight is 327 g/mol. The van der Waals surface area contributed by atoms with Crippen LogP contribution in [0.1, 0.15) is 40.0 Å². The largest absolute Gasteiger partial charge is 0.377 e. The molecule has 2 unspecified atom stereocenters. The predicted octanol–water partition coefficient (Wildman–Crippen LogP) is 2.78. The van der Waals surface area contributed by atoms with Gasteiger partial charge in [-0.1, -0.05) is 29.8 Å². The molecule has 0 amide bonds. The fourth-order valence-corrected chi connectivity index (χ4v) is 6.35. The highest BCUT2D eigenvalue weighted by atomic mass is 79.9. The van der Waals surface area contributed by atoms with Crippen LogP contribution in [0.4, 0.5) is 0 Å². The Morgan fingerprint density at radius 2 is 1.94 bits per heavy atom. The van der Waals surface area contributed by atoms with E-state index in [1.54, 1.807) is 0 Å². The van der Waals surface area contributed by atoms with Crippen LogP contribution in [-0.2, 0) is 14.6 Å². The number of rotatable bonds is 6. The highest BCUT2D eigenvalue weighted by molar-refractivity contribution is 9.09. The van der Waals surface area contributed by atoms with E-state index in [9.17, 15) is 8.42 Å². The summed E-state index contributed by atoms with van der Waals surface area (Å²) >= 11 is 3.47. The van der Waals surface area contributed by atoms with Crippen LogP contribution in [0.25, 0.3) is 0 Å². The number of sulfone groups is 1. The molecule has 102 valence electrons. The van der Waals surface area contributed by atoms with Gasteiger partial charge in [0, 0.05) is 11.9 Å². The van der Waals surface area contributed by atoms with E-state index in [2.05, 4.69) is 29.8 Å². The Morgan fingerprint density at radius 1 is 1.35 bits per heavy atom. The first-order valence-electron chi connectivity index (χ1n) is 6.30. The van der Waals surface area contributed by atoms with Crippen molar-refractivity contribution in [3.63, 3.8) is 0 Å². The first kappa shape index (κ1) is 15.4. The number of ether oxygens (including phenoxy) is 1. The summed E-state index contributed by atoms with van der Waals surface area (Å²) in [6.07, 6.45) is 2.27. The zero-order valence-corrected chi connectivity index (χ0v) is 13.3. The molecule has 0 aromatic rings. The lowest BCUT2D eigenvalue weighted by atomic mass is 9.87. The molecule has 0 aromatic carbocycles. The Labute approximate surface area is 113 Å². The van der Waals surface area contributed by atoms with Crippen LogP contribution < -0.4 is 0 Å². The van der Waals surface area contributed by atoms with Crippen LogP contribution >= 0.6 is 15.9 Å². The van der Waals surface area contributed by atoms with Gasteiger partial charge in [-0.25, -0.2) is 8.42 Å². The monoisotopic (exact) mass is 326 g/mol. The van der Waals surface area contributed by atoms with Gasteiger partial charge in [-0.05, 0) is 31.6 Å². The molecular weight excluding hydrogens is 304 g/mol. The number of hydrogen-bond donors (Lipinski definition) is 0. The van der Waals surface area contributed by atoms with Crippen LogP contribution in [0.2, 0.25) is 0 Å². The molecule has 1 rings (SSSR count). The quantitative estimate of drug-likeness (QED) is 0.705. The van der Waals surface area contributed by atoms with Crippen molar-refractivity contribution in [2.24, 2.45) is 5.41 Å². The van der Waals surface area contributed by atoms with Crippen molar-refractivity contribution in [1.29, 1.82) is 0 Å². The smallest absolute Gasteiger partial charge is 0.156 e. The van der Waals surface area contributed by atoms with Crippen LogP contribution in [0.15, 0.2) is 0 Å². The van der Waals surface area contributed by atoms with E-state index in [1.165, 1.54) is 0 Å². The van der Waals surface area contributed by atoms with Gasteiger partial charge in [-0.2, -0.15) is 0 Å². The lowest BCUT2D eigenvalue weighted by Gasteiger charge is -2.30. The lowest BCUT2D eigenvalue weighted by Crippen LogP contribution is -2.38. The Hall–Kier alpha value is 0.390. The van der Waals surface area contributed by atoms with Gasteiger partial charge in [0.25, 0.3) is 0 Å². The fraction of sp³-hybridized carbons (Fsp3) is 1.00. The first-order valence-corrected chi connectivity index (χ1v) is 9.13. The Balaban J connectivity index is 2.84. The van der Waals surface area contributed by atoms with Crippen molar-refractivity contribution in [3.8, 4) is 0 Å². The molecule has 1 heterocycles. The maximum absolute atomic E-state index is 12.4. The van der Waals surface area contributed by atoms with Gasteiger partial charge in [0.05, 0.1) is 17.1 Å². The Kier molecular flexibility index (Phi) is 5.47. The van der Waals surface area contributed by atoms with E-state index in [-0.39, 0.29) is 22.5 Å². The van der Waals surface area contributed by atoms with Crippen molar-refractivity contribution in [3.05, 3.63) is 0 Å². The molecular formula is C12H23BrO3S. The maximum atomic E-state index is 12.4. The predicted molar refractivity (Wildman–Crippen MR) is 74.4 cm³/mol. The number of hydrogen-bond acceptors (Lipinski definition) is 3. The number of alkyl halides is 1. The molecule has 0 spiro atoms. The zero-order valence-electron chi connectivity index (χ0n) is 10.9. The summed E-state index contributed by atoms with van der Waals surface area (Å²) in [5, 5.41) is 0.438. The third-order valence-electron chi connectivity index (χ3n) is 4.06. The van der Waals surface area contributed by atoms with Gasteiger partial charge in [0.2, 0.25) is 0 Å². The van der Waals surface area contributed by atoms with Gasteiger partial charge >= 0.3 is 0 Å². The van der Waals surface area contributed by atoms with E-state index in [1.807, 2.05) is 6.92 Å². The van der Waals surface area contributed by atoms with Crippen molar-refractivity contribution < 1.29 is 13.2 Å². The molecule has 0 radical (unpaired) electrons. The molecule has 0 N–H and O–H groups in total. The minimum atomic E-state index is -3.06. The van der Waals surface area contributed by atoms with Crippen molar-refractivity contribution in [2.75, 3.05) is 17.7 Å². The summed E-state index contributed by atoms with van der Waals surface area (Å²) in [7, 11) is -3.06. The molecule has 0 bridgehead atoms. The van der Waals surface area contributed by atoms with E-state index in [0.29, 0.717) is 13.0 Å². The lowest BCUT2D eigenvalue weighted by molar-refractivity contribution is 0.126. The SMILES string of the molecule is CCC(CC)(CBr)CS(=O)(=O)C1CCOC1C.